The van der Waals surface area contributed by atoms with Crippen LogP contribution in [0.25, 0.3) is 10.8 Å². The van der Waals surface area contributed by atoms with Gasteiger partial charge in [0.15, 0.2) is 0 Å². The molecule has 0 amide bonds. The average molecular weight is 330 g/mol. The molecule has 2 unspecified atom stereocenters. The van der Waals surface area contributed by atoms with E-state index in [1.165, 1.54) is 12.1 Å². The van der Waals surface area contributed by atoms with Gasteiger partial charge in [0.05, 0.1) is 23.3 Å². The van der Waals surface area contributed by atoms with Crippen LogP contribution in [0.4, 0.5) is 0 Å². The van der Waals surface area contributed by atoms with Crippen molar-refractivity contribution in [1.82, 2.24) is 0 Å². The molecule has 1 aliphatic rings. The summed E-state index contributed by atoms with van der Waals surface area (Å²) in [4.78, 5) is 24.0. The van der Waals surface area contributed by atoms with Crippen molar-refractivity contribution in [2.24, 2.45) is 0 Å². The Kier molecular flexibility index (Phi) is 4.51. The summed E-state index contributed by atoms with van der Waals surface area (Å²) in [7, 11) is 0. The fraction of sp³-hybridized carbons (Fsp3) is 0.333. The number of carboxylic acid groups (broad SMARTS) is 1. The zero-order chi connectivity index (χ0) is 17.3. The first-order valence-electron chi connectivity index (χ1n) is 7.78. The largest absolute Gasteiger partial charge is 0.478 e. The van der Waals surface area contributed by atoms with Crippen LogP contribution in [0.2, 0.25) is 0 Å². The molecular formula is C18H18O6. The Morgan fingerprint density at radius 1 is 0.917 bits per heavy atom. The smallest absolute Gasteiger partial charge is 0.339 e. The second-order valence-electron chi connectivity index (χ2n) is 6.06. The number of carbonyl (C=O) groups excluding carboxylic acids is 1. The van der Waals surface area contributed by atoms with Crippen molar-refractivity contribution in [3.05, 3.63) is 47.5 Å². The predicted molar refractivity (Wildman–Crippen MR) is 86.0 cm³/mol. The van der Waals surface area contributed by atoms with Crippen molar-refractivity contribution in [2.45, 2.75) is 37.6 Å². The van der Waals surface area contributed by atoms with Gasteiger partial charge in [-0.25, -0.2) is 9.59 Å². The Labute approximate surface area is 138 Å². The van der Waals surface area contributed by atoms with Crippen LogP contribution in [-0.2, 0) is 4.74 Å². The monoisotopic (exact) mass is 330 g/mol. The minimum Gasteiger partial charge on any atom is -0.478 e. The van der Waals surface area contributed by atoms with Crippen LogP contribution >= 0.6 is 0 Å². The molecule has 0 radical (unpaired) electrons. The Balaban J connectivity index is 1.94. The first-order valence-corrected chi connectivity index (χ1v) is 7.78. The molecule has 1 aliphatic carbocycles. The van der Waals surface area contributed by atoms with E-state index in [0.29, 0.717) is 10.8 Å². The fourth-order valence-electron chi connectivity index (χ4n) is 3.21. The van der Waals surface area contributed by atoms with Crippen molar-refractivity contribution >= 4 is 22.7 Å². The van der Waals surface area contributed by atoms with Gasteiger partial charge < -0.3 is 20.1 Å². The molecule has 3 N–H and O–H groups in total. The summed E-state index contributed by atoms with van der Waals surface area (Å²) in [6, 6.07) is 9.70. The maximum absolute atomic E-state index is 12.5. The quantitative estimate of drug-likeness (QED) is 0.743. The number of aliphatic hydroxyl groups is 2. The van der Waals surface area contributed by atoms with Gasteiger partial charge in [-0.3, -0.25) is 0 Å². The molecule has 6 heteroatoms. The van der Waals surface area contributed by atoms with E-state index in [1.54, 1.807) is 24.3 Å². The Morgan fingerprint density at radius 2 is 1.50 bits per heavy atom. The number of aromatic carboxylic acids is 1. The van der Waals surface area contributed by atoms with E-state index in [1.807, 2.05) is 0 Å². The third kappa shape index (κ3) is 3.25. The van der Waals surface area contributed by atoms with Crippen LogP contribution in [0.15, 0.2) is 36.4 Å². The van der Waals surface area contributed by atoms with Crippen LogP contribution in [-0.4, -0.2) is 45.6 Å². The van der Waals surface area contributed by atoms with E-state index in [4.69, 9.17) is 4.74 Å². The SMILES string of the molecule is O=C(O)c1cccc2cccc(C(=O)OC3CC(O)CC(O)C3)c12. The minimum atomic E-state index is -1.12. The van der Waals surface area contributed by atoms with E-state index in [2.05, 4.69) is 0 Å². The third-order valence-corrected chi connectivity index (χ3v) is 4.24. The number of aliphatic hydroxyl groups excluding tert-OH is 2. The molecule has 6 nitrogen and oxygen atoms in total. The van der Waals surface area contributed by atoms with Crippen LogP contribution in [0.1, 0.15) is 40.0 Å². The van der Waals surface area contributed by atoms with Crippen LogP contribution in [0, 0.1) is 0 Å². The zero-order valence-corrected chi connectivity index (χ0v) is 12.9. The van der Waals surface area contributed by atoms with Crippen molar-refractivity contribution in [1.29, 1.82) is 0 Å². The molecule has 1 saturated carbocycles. The van der Waals surface area contributed by atoms with Crippen molar-refractivity contribution < 1.29 is 29.6 Å². The van der Waals surface area contributed by atoms with Gasteiger partial charge in [-0.1, -0.05) is 24.3 Å². The molecule has 0 aliphatic heterocycles. The van der Waals surface area contributed by atoms with E-state index < -0.39 is 30.3 Å². The molecule has 0 saturated heterocycles. The maximum atomic E-state index is 12.5. The number of benzene rings is 2. The molecule has 2 aromatic rings. The van der Waals surface area contributed by atoms with Crippen LogP contribution < -0.4 is 0 Å². The summed E-state index contributed by atoms with van der Waals surface area (Å²) >= 11 is 0. The second-order valence-corrected chi connectivity index (χ2v) is 6.06. The second kappa shape index (κ2) is 6.59. The van der Waals surface area contributed by atoms with Gasteiger partial charge in [0.1, 0.15) is 6.10 Å². The summed E-state index contributed by atoms with van der Waals surface area (Å²) in [5, 5.41) is 29.7. The summed E-state index contributed by atoms with van der Waals surface area (Å²) in [5.41, 5.74) is 0.198. The van der Waals surface area contributed by atoms with Crippen molar-refractivity contribution in [3.8, 4) is 0 Å². The number of hydrogen-bond acceptors (Lipinski definition) is 5. The molecule has 24 heavy (non-hydrogen) atoms. The molecule has 126 valence electrons. The highest BCUT2D eigenvalue weighted by Crippen LogP contribution is 2.27. The molecular weight excluding hydrogens is 312 g/mol. The van der Waals surface area contributed by atoms with E-state index in [-0.39, 0.29) is 30.4 Å². The number of carboxylic acids is 1. The summed E-state index contributed by atoms with van der Waals surface area (Å²) < 4.78 is 5.41. The van der Waals surface area contributed by atoms with Crippen LogP contribution in [0.5, 0.6) is 0 Å². The summed E-state index contributed by atoms with van der Waals surface area (Å²) in [6.07, 6.45) is -1.23. The zero-order valence-electron chi connectivity index (χ0n) is 12.9. The predicted octanol–water partition coefficient (Wildman–Crippen LogP) is 1.97. The topological polar surface area (TPSA) is 104 Å². The highest BCUT2D eigenvalue weighted by Gasteiger charge is 2.30. The Hall–Kier alpha value is -2.44. The first kappa shape index (κ1) is 16.4. The highest BCUT2D eigenvalue weighted by atomic mass is 16.5. The minimum absolute atomic E-state index is 0.0313. The lowest BCUT2D eigenvalue weighted by Gasteiger charge is -2.29. The van der Waals surface area contributed by atoms with Gasteiger partial charge in [0, 0.05) is 18.2 Å². The number of fused-ring (bicyclic) bond motifs is 1. The number of hydrogen-bond donors (Lipinski definition) is 3. The average Bonchev–Trinajstić information content (AvgIpc) is 2.52. The number of esters is 1. The molecule has 0 spiro atoms. The molecule has 3 rings (SSSR count). The van der Waals surface area contributed by atoms with E-state index in [9.17, 15) is 24.9 Å². The fourth-order valence-corrected chi connectivity index (χ4v) is 3.21. The van der Waals surface area contributed by atoms with Gasteiger partial charge in [-0.2, -0.15) is 0 Å². The first-order chi connectivity index (χ1) is 11.5. The van der Waals surface area contributed by atoms with E-state index >= 15 is 0 Å². The molecule has 1 fully saturated rings. The van der Waals surface area contributed by atoms with Gasteiger partial charge >= 0.3 is 11.9 Å². The molecule has 0 bridgehead atoms. The van der Waals surface area contributed by atoms with Crippen molar-refractivity contribution in [3.63, 3.8) is 0 Å². The number of ether oxygens (including phenoxy) is 1. The summed E-state index contributed by atoms with van der Waals surface area (Å²) in [6.45, 7) is 0. The molecule has 2 atom stereocenters. The van der Waals surface area contributed by atoms with E-state index in [0.717, 1.165) is 0 Å². The highest BCUT2D eigenvalue weighted by molar-refractivity contribution is 6.12. The third-order valence-electron chi connectivity index (χ3n) is 4.24. The molecule has 0 heterocycles. The van der Waals surface area contributed by atoms with Crippen LogP contribution in [0.3, 0.4) is 0 Å². The molecule has 0 aromatic heterocycles. The normalized spacial score (nSPS) is 23.8. The van der Waals surface area contributed by atoms with Crippen molar-refractivity contribution in [2.75, 3.05) is 0 Å². The number of rotatable bonds is 3. The Morgan fingerprint density at radius 3 is 2.08 bits per heavy atom. The van der Waals surface area contributed by atoms with Gasteiger partial charge in [0.25, 0.3) is 0 Å². The van der Waals surface area contributed by atoms with Gasteiger partial charge in [-0.05, 0) is 23.9 Å². The summed E-state index contributed by atoms with van der Waals surface area (Å²) in [5.74, 6) is -1.77. The lowest BCUT2D eigenvalue weighted by Crippen LogP contribution is -2.35. The Bertz CT molecular complexity index is 769. The lowest BCUT2D eigenvalue weighted by molar-refractivity contribution is -0.0407. The lowest BCUT2D eigenvalue weighted by atomic mass is 9.92. The number of carbonyl (C=O) groups is 2. The maximum Gasteiger partial charge on any atom is 0.339 e. The molecule has 2 aromatic carbocycles. The van der Waals surface area contributed by atoms with Gasteiger partial charge in [0.2, 0.25) is 0 Å². The van der Waals surface area contributed by atoms with Gasteiger partial charge in [-0.15, -0.1) is 0 Å². The standard InChI is InChI=1S/C18H18O6/c19-11-7-12(20)9-13(8-11)24-18(23)15-6-2-4-10-3-1-5-14(16(10)15)17(21)22/h1-6,11-13,19-20H,7-9H2,(H,21,22).